The van der Waals surface area contributed by atoms with Crippen molar-refractivity contribution in [2.75, 3.05) is 26.2 Å². The van der Waals surface area contributed by atoms with E-state index >= 15 is 0 Å². The third-order valence-electron chi connectivity index (χ3n) is 3.75. The molecular formula is C16H21BrClNO2. The van der Waals surface area contributed by atoms with E-state index in [0.717, 1.165) is 43.6 Å². The van der Waals surface area contributed by atoms with Gasteiger partial charge in [0.1, 0.15) is 0 Å². The smallest absolute Gasteiger partial charge is 0.165 e. The van der Waals surface area contributed by atoms with Gasteiger partial charge in [0.15, 0.2) is 5.78 Å². The fourth-order valence-electron chi connectivity index (χ4n) is 2.70. The van der Waals surface area contributed by atoms with Crippen molar-refractivity contribution in [3.05, 3.63) is 33.3 Å². The predicted octanol–water partition coefficient (Wildman–Crippen LogP) is 4.18. The number of hydrogen-bond donors (Lipinski definition) is 0. The Labute approximate surface area is 139 Å². The van der Waals surface area contributed by atoms with E-state index in [1.54, 1.807) is 12.1 Å². The maximum Gasteiger partial charge on any atom is 0.165 e. The van der Waals surface area contributed by atoms with Gasteiger partial charge in [-0.25, -0.2) is 0 Å². The summed E-state index contributed by atoms with van der Waals surface area (Å²) in [5, 5.41) is 0.514. The highest BCUT2D eigenvalue weighted by molar-refractivity contribution is 9.10. The van der Waals surface area contributed by atoms with Crippen molar-refractivity contribution in [2.45, 2.75) is 32.3 Å². The zero-order valence-corrected chi connectivity index (χ0v) is 14.6. The number of benzene rings is 1. The Bertz CT molecular complexity index is 493. The molecule has 0 N–H and O–H groups in total. The Morgan fingerprint density at radius 3 is 3.05 bits per heavy atom. The van der Waals surface area contributed by atoms with Crippen LogP contribution in [0.5, 0.6) is 0 Å². The number of carbonyl (C=O) groups is 1. The number of Topliss-reactive ketones (excluding diaryl/α,β-unsaturated/α-hetero) is 1. The topological polar surface area (TPSA) is 29.5 Å². The van der Waals surface area contributed by atoms with Crippen molar-refractivity contribution in [2.24, 2.45) is 0 Å². The van der Waals surface area contributed by atoms with E-state index in [1.165, 1.54) is 0 Å². The number of ketones is 1. The predicted molar refractivity (Wildman–Crippen MR) is 89.2 cm³/mol. The lowest BCUT2D eigenvalue weighted by atomic mass is 10.1. The summed E-state index contributed by atoms with van der Waals surface area (Å²) < 4.78 is 6.57. The Morgan fingerprint density at radius 2 is 2.33 bits per heavy atom. The molecule has 0 saturated carbocycles. The molecule has 116 valence electrons. The summed E-state index contributed by atoms with van der Waals surface area (Å²) in [5.41, 5.74) is 0.609. The summed E-state index contributed by atoms with van der Waals surface area (Å²) in [6, 6.07) is 5.40. The van der Waals surface area contributed by atoms with Crippen molar-refractivity contribution >= 4 is 33.3 Å². The number of nitrogens with zero attached hydrogens (tertiary/aromatic N) is 1. The minimum atomic E-state index is 0.103. The summed E-state index contributed by atoms with van der Waals surface area (Å²) in [7, 11) is 0. The van der Waals surface area contributed by atoms with E-state index < -0.39 is 0 Å². The maximum atomic E-state index is 12.3. The molecule has 1 heterocycles. The van der Waals surface area contributed by atoms with Gasteiger partial charge in [0, 0.05) is 36.2 Å². The standard InChI is InChI=1S/C16H21BrClNO2/c1-2-21-13-4-3-8-19(11-13)9-7-16(20)14-6-5-12(17)10-15(14)18/h5-6,10,13H,2-4,7-9,11H2,1H3. The molecule has 1 unspecified atom stereocenters. The van der Waals surface area contributed by atoms with Gasteiger partial charge in [-0.15, -0.1) is 0 Å². The minimum absolute atomic E-state index is 0.103. The second-order valence-electron chi connectivity index (χ2n) is 5.32. The van der Waals surface area contributed by atoms with Crippen molar-refractivity contribution < 1.29 is 9.53 Å². The van der Waals surface area contributed by atoms with Gasteiger partial charge in [-0.2, -0.15) is 0 Å². The maximum absolute atomic E-state index is 12.3. The van der Waals surface area contributed by atoms with Crippen LogP contribution < -0.4 is 0 Å². The van der Waals surface area contributed by atoms with Gasteiger partial charge in [-0.3, -0.25) is 4.79 Å². The fraction of sp³-hybridized carbons (Fsp3) is 0.562. The molecule has 1 aromatic rings. The van der Waals surface area contributed by atoms with Crippen LogP contribution in [0.4, 0.5) is 0 Å². The van der Waals surface area contributed by atoms with Gasteiger partial charge in [-0.1, -0.05) is 27.5 Å². The van der Waals surface area contributed by atoms with Crippen molar-refractivity contribution in [1.82, 2.24) is 4.90 Å². The molecule has 0 spiro atoms. The molecule has 0 aliphatic carbocycles. The van der Waals surface area contributed by atoms with Crippen LogP contribution in [-0.2, 0) is 4.74 Å². The lowest BCUT2D eigenvalue weighted by Crippen LogP contribution is -2.40. The quantitative estimate of drug-likeness (QED) is 0.700. The molecule has 5 heteroatoms. The molecule has 1 fully saturated rings. The Hall–Kier alpha value is -0.420. The van der Waals surface area contributed by atoms with Crippen LogP contribution >= 0.6 is 27.5 Å². The molecule has 1 saturated heterocycles. The monoisotopic (exact) mass is 373 g/mol. The normalized spacial score (nSPS) is 19.7. The minimum Gasteiger partial charge on any atom is -0.377 e. The van der Waals surface area contributed by atoms with Crippen LogP contribution in [0.25, 0.3) is 0 Å². The number of carbonyl (C=O) groups excluding carboxylic acids is 1. The van der Waals surface area contributed by atoms with E-state index in [9.17, 15) is 4.79 Å². The molecule has 1 atom stereocenters. The molecular weight excluding hydrogens is 354 g/mol. The van der Waals surface area contributed by atoms with Crippen LogP contribution in [0.2, 0.25) is 5.02 Å². The molecule has 0 amide bonds. The molecule has 1 aromatic carbocycles. The lowest BCUT2D eigenvalue weighted by molar-refractivity contribution is 0.00589. The molecule has 0 aromatic heterocycles. The van der Waals surface area contributed by atoms with Gasteiger partial charge in [0.05, 0.1) is 11.1 Å². The number of rotatable bonds is 6. The second-order valence-corrected chi connectivity index (χ2v) is 6.64. The van der Waals surface area contributed by atoms with Gasteiger partial charge in [0.25, 0.3) is 0 Å². The highest BCUT2D eigenvalue weighted by Gasteiger charge is 2.21. The summed E-state index contributed by atoms with van der Waals surface area (Å²) in [6.45, 7) is 5.53. The second kappa shape index (κ2) is 8.28. The zero-order valence-electron chi connectivity index (χ0n) is 12.3. The van der Waals surface area contributed by atoms with Crippen LogP contribution in [-0.4, -0.2) is 43.0 Å². The SMILES string of the molecule is CCOC1CCCN(CCC(=O)c2ccc(Br)cc2Cl)C1. The first-order valence-corrected chi connectivity index (χ1v) is 8.59. The largest absolute Gasteiger partial charge is 0.377 e. The van der Waals surface area contributed by atoms with E-state index in [0.29, 0.717) is 23.1 Å². The molecule has 1 aliphatic rings. The van der Waals surface area contributed by atoms with Crippen molar-refractivity contribution in [1.29, 1.82) is 0 Å². The van der Waals surface area contributed by atoms with E-state index in [1.807, 2.05) is 13.0 Å². The summed E-state index contributed by atoms with van der Waals surface area (Å²) in [4.78, 5) is 14.6. The number of ether oxygens (including phenoxy) is 1. The lowest BCUT2D eigenvalue weighted by Gasteiger charge is -2.32. The van der Waals surface area contributed by atoms with Gasteiger partial charge < -0.3 is 9.64 Å². The van der Waals surface area contributed by atoms with E-state index in [2.05, 4.69) is 20.8 Å². The van der Waals surface area contributed by atoms with Gasteiger partial charge in [-0.05, 0) is 44.5 Å². The Morgan fingerprint density at radius 1 is 1.52 bits per heavy atom. The first kappa shape index (κ1) is 16.9. The summed E-state index contributed by atoms with van der Waals surface area (Å²) in [6.07, 6.45) is 3.07. The highest BCUT2D eigenvalue weighted by atomic mass is 79.9. The average molecular weight is 375 g/mol. The summed E-state index contributed by atoms with van der Waals surface area (Å²) >= 11 is 9.48. The number of piperidine rings is 1. The van der Waals surface area contributed by atoms with Crippen molar-refractivity contribution in [3.8, 4) is 0 Å². The first-order chi connectivity index (χ1) is 10.1. The van der Waals surface area contributed by atoms with E-state index in [-0.39, 0.29) is 5.78 Å². The molecule has 21 heavy (non-hydrogen) atoms. The van der Waals surface area contributed by atoms with Gasteiger partial charge >= 0.3 is 0 Å². The third-order valence-corrected chi connectivity index (χ3v) is 4.56. The number of likely N-dealkylation sites (tertiary alicyclic amines) is 1. The third kappa shape index (κ3) is 5.06. The fourth-order valence-corrected chi connectivity index (χ4v) is 3.48. The van der Waals surface area contributed by atoms with Crippen LogP contribution in [0.3, 0.4) is 0 Å². The summed E-state index contributed by atoms with van der Waals surface area (Å²) in [5.74, 6) is 0.103. The molecule has 0 radical (unpaired) electrons. The van der Waals surface area contributed by atoms with Crippen LogP contribution in [0, 0.1) is 0 Å². The van der Waals surface area contributed by atoms with Crippen LogP contribution in [0.1, 0.15) is 36.5 Å². The van der Waals surface area contributed by atoms with Gasteiger partial charge in [0.2, 0.25) is 0 Å². The van der Waals surface area contributed by atoms with Crippen molar-refractivity contribution in [3.63, 3.8) is 0 Å². The zero-order chi connectivity index (χ0) is 15.2. The molecule has 0 bridgehead atoms. The Kier molecular flexibility index (Phi) is 6.68. The average Bonchev–Trinajstić information content (AvgIpc) is 2.45. The molecule has 3 nitrogen and oxygen atoms in total. The first-order valence-electron chi connectivity index (χ1n) is 7.42. The van der Waals surface area contributed by atoms with E-state index in [4.69, 9.17) is 16.3 Å². The number of halogens is 2. The Balaban J connectivity index is 1.86. The number of hydrogen-bond acceptors (Lipinski definition) is 3. The molecule has 2 rings (SSSR count). The van der Waals surface area contributed by atoms with Crippen LogP contribution in [0.15, 0.2) is 22.7 Å². The molecule has 1 aliphatic heterocycles. The highest BCUT2D eigenvalue weighted by Crippen LogP contribution is 2.23.